The van der Waals surface area contributed by atoms with Gasteiger partial charge < -0.3 is 10.1 Å². The highest BCUT2D eigenvalue weighted by molar-refractivity contribution is 5.91. The molecule has 27 heavy (non-hydrogen) atoms. The maximum atomic E-state index is 12.1. The summed E-state index contributed by atoms with van der Waals surface area (Å²) in [6, 6.07) is 21.8. The summed E-state index contributed by atoms with van der Waals surface area (Å²) in [6.45, 7) is 1.52. The van der Waals surface area contributed by atoms with Gasteiger partial charge in [0, 0.05) is 0 Å². The molecule has 0 aliphatic heterocycles. The Kier molecular flexibility index (Phi) is 5.48. The lowest BCUT2D eigenvalue weighted by Gasteiger charge is -2.15. The van der Waals surface area contributed by atoms with E-state index in [2.05, 4.69) is 5.32 Å². The molecular formula is C22H18N2O3. The summed E-state index contributed by atoms with van der Waals surface area (Å²) in [5.74, 6) is -0.981. The Hall–Kier alpha value is -3.65. The number of carbonyl (C=O) groups is 2. The molecule has 0 radical (unpaired) electrons. The van der Waals surface area contributed by atoms with Crippen LogP contribution in [-0.4, -0.2) is 18.5 Å². The van der Waals surface area contributed by atoms with Gasteiger partial charge in [0.2, 0.25) is 0 Å². The van der Waals surface area contributed by atoms with Gasteiger partial charge in [0.25, 0.3) is 5.91 Å². The van der Waals surface area contributed by atoms with Gasteiger partial charge in [-0.15, -0.1) is 0 Å². The van der Waals surface area contributed by atoms with E-state index in [-0.39, 0.29) is 18.6 Å². The van der Waals surface area contributed by atoms with Gasteiger partial charge in [-0.05, 0) is 53.6 Å². The average Bonchev–Trinajstić information content (AvgIpc) is 2.71. The van der Waals surface area contributed by atoms with Gasteiger partial charge in [-0.2, -0.15) is 5.26 Å². The minimum atomic E-state index is -0.604. The van der Waals surface area contributed by atoms with Crippen LogP contribution in [0.3, 0.4) is 0 Å². The zero-order valence-electron chi connectivity index (χ0n) is 14.8. The number of ether oxygens (including phenoxy) is 1. The Morgan fingerprint density at radius 3 is 2.44 bits per heavy atom. The fourth-order valence-electron chi connectivity index (χ4n) is 2.74. The number of hydrogen-bond donors (Lipinski definition) is 1. The molecule has 0 aromatic heterocycles. The molecule has 0 saturated heterocycles. The van der Waals surface area contributed by atoms with Crippen molar-refractivity contribution in [2.45, 2.75) is 13.0 Å². The highest BCUT2D eigenvalue weighted by Crippen LogP contribution is 2.20. The third-order valence-corrected chi connectivity index (χ3v) is 4.24. The number of hydrogen-bond acceptors (Lipinski definition) is 4. The lowest BCUT2D eigenvalue weighted by molar-refractivity contribution is -0.124. The van der Waals surface area contributed by atoms with Crippen molar-refractivity contribution in [1.82, 2.24) is 5.32 Å². The molecular weight excluding hydrogens is 340 g/mol. The van der Waals surface area contributed by atoms with E-state index in [1.54, 1.807) is 0 Å². The molecule has 1 amide bonds. The fraction of sp³-hybridized carbons (Fsp3) is 0.136. The Morgan fingerprint density at radius 2 is 1.74 bits per heavy atom. The molecule has 0 saturated carbocycles. The van der Waals surface area contributed by atoms with Crippen molar-refractivity contribution >= 4 is 22.6 Å². The van der Waals surface area contributed by atoms with Gasteiger partial charge in [-0.1, -0.05) is 36.4 Å². The quantitative estimate of drug-likeness (QED) is 0.705. The minimum Gasteiger partial charge on any atom is -0.452 e. The maximum Gasteiger partial charge on any atom is 0.338 e. The summed E-state index contributed by atoms with van der Waals surface area (Å²) in [5, 5.41) is 13.8. The average molecular weight is 358 g/mol. The Morgan fingerprint density at radius 1 is 1.04 bits per heavy atom. The highest BCUT2D eigenvalue weighted by atomic mass is 16.5. The summed E-state index contributed by atoms with van der Waals surface area (Å²) >= 11 is 0. The first-order valence-electron chi connectivity index (χ1n) is 8.52. The van der Waals surface area contributed by atoms with Crippen molar-refractivity contribution in [3.8, 4) is 6.07 Å². The zero-order valence-corrected chi connectivity index (χ0v) is 14.8. The monoisotopic (exact) mass is 358 g/mol. The van der Waals surface area contributed by atoms with Crippen molar-refractivity contribution in [3.63, 3.8) is 0 Å². The Bertz CT molecular complexity index is 1020. The molecule has 1 atom stereocenters. The van der Waals surface area contributed by atoms with Crippen LogP contribution >= 0.6 is 0 Å². The van der Waals surface area contributed by atoms with Gasteiger partial charge in [0.05, 0.1) is 23.2 Å². The van der Waals surface area contributed by atoms with Gasteiger partial charge in [0.1, 0.15) is 0 Å². The van der Waals surface area contributed by atoms with E-state index < -0.39 is 5.97 Å². The number of carbonyl (C=O) groups excluding carboxylic acids is 2. The van der Waals surface area contributed by atoms with Gasteiger partial charge in [0.15, 0.2) is 6.61 Å². The normalized spacial score (nSPS) is 11.4. The standard InChI is InChI=1S/C22H18N2O3/c1-15(19-11-10-17-4-2-3-5-20(17)12-19)24-21(25)14-27-22(26)18-8-6-16(13-23)7-9-18/h2-12,15H,14H2,1H3,(H,24,25). The summed E-state index contributed by atoms with van der Waals surface area (Å²) < 4.78 is 5.04. The second kappa shape index (κ2) is 8.15. The van der Waals surface area contributed by atoms with E-state index in [0.717, 1.165) is 16.3 Å². The number of esters is 1. The number of rotatable bonds is 5. The molecule has 3 aromatic carbocycles. The number of nitrogens with zero attached hydrogens (tertiary/aromatic N) is 1. The second-order valence-electron chi connectivity index (χ2n) is 6.16. The predicted octanol–water partition coefficient (Wildman–Crippen LogP) is 3.75. The highest BCUT2D eigenvalue weighted by Gasteiger charge is 2.13. The molecule has 0 heterocycles. The van der Waals surface area contributed by atoms with Gasteiger partial charge in [-0.3, -0.25) is 4.79 Å². The van der Waals surface area contributed by atoms with Crippen LogP contribution in [0.25, 0.3) is 10.8 Å². The number of nitriles is 1. The van der Waals surface area contributed by atoms with E-state index in [9.17, 15) is 9.59 Å². The molecule has 5 heteroatoms. The molecule has 3 aromatic rings. The van der Waals surface area contributed by atoms with Gasteiger partial charge in [-0.25, -0.2) is 4.79 Å². The van der Waals surface area contributed by atoms with Crippen LogP contribution in [0.5, 0.6) is 0 Å². The van der Waals surface area contributed by atoms with Crippen LogP contribution in [0.15, 0.2) is 66.7 Å². The molecule has 0 spiro atoms. The fourth-order valence-corrected chi connectivity index (χ4v) is 2.74. The molecule has 134 valence electrons. The number of nitrogens with one attached hydrogen (secondary N) is 1. The lowest BCUT2D eigenvalue weighted by Crippen LogP contribution is -2.31. The first kappa shape index (κ1) is 18.2. The summed E-state index contributed by atoms with van der Waals surface area (Å²) in [6.07, 6.45) is 0. The van der Waals surface area contributed by atoms with Crippen molar-refractivity contribution in [2.75, 3.05) is 6.61 Å². The van der Waals surface area contributed by atoms with Crippen LogP contribution in [0.1, 0.15) is 34.5 Å². The third-order valence-electron chi connectivity index (χ3n) is 4.24. The molecule has 0 aliphatic rings. The van der Waals surface area contributed by atoms with Crippen molar-refractivity contribution in [2.24, 2.45) is 0 Å². The van der Waals surface area contributed by atoms with Crippen molar-refractivity contribution < 1.29 is 14.3 Å². The third kappa shape index (κ3) is 4.50. The lowest BCUT2D eigenvalue weighted by atomic mass is 10.0. The van der Waals surface area contributed by atoms with Crippen LogP contribution in [0, 0.1) is 11.3 Å². The first-order chi connectivity index (χ1) is 13.1. The van der Waals surface area contributed by atoms with Crippen LogP contribution in [-0.2, 0) is 9.53 Å². The van der Waals surface area contributed by atoms with Crippen LogP contribution in [0.2, 0.25) is 0 Å². The number of benzene rings is 3. The SMILES string of the molecule is CC(NC(=O)COC(=O)c1ccc(C#N)cc1)c1ccc2ccccc2c1. The summed E-state index contributed by atoms with van der Waals surface area (Å²) in [5.41, 5.74) is 1.72. The van der Waals surface area contributed by atoms with E-state index in [0.29, 0.717) is 11.1 Å². The molecule has 0 aliphatic carbocycles. The Balaban J connectivity index is 1.56. The van der Waals surface area contributed by atoms with E-state index in [4.69, 9.17) is 10.00 Å². The molecule has 3 rings (SSSR count). The predicted molar refractivity (Wildman–Crippen MR) is 102 cm³/mol. The van der Waals surface area contributed by atoms with E-state index in [1.165, 1.54) is 24.3 Å². The topological polar surface area (TPSA) is 79.2 Å². The molecule has 1 N–H and O–H groups in total. The van der Waals surface area contributed by atoms with Crippen LogP contribution < -0.4 is 5.32 Å². The van der Waals surface area contributed by atoms with E-state index in [1.807, 2.05) is 55.5 Å². The molecule has 1 unspecified atom stereocenters. The largest absolute Gasteiger partial charge is 0.452 e. The molecule has 0 bridgehead atoms. The number of amides is 1. The second-order valence-corrected chi connectivity index (χ2v) is 6.16. The zero-order chi connectivity index (χ0) is 19.2. The first-order valence-corrected chi connectivity index (χ1v) is 8.52. The minimum absolute atomic E-state index is 0.212. The van der Waals surface area contributed by atoms with Gasteiger partial charge >= 0.3 is 5.97 Å². The van der Waals surface area contributed by atoms with Crippen LogP contribution in [0.4, 0.5) is 0 Å². The summed E-state index contributed by atoms with van der Waals surface area (Å²) in [7, 11) is 0. The smallest absolute Gasteiger partial charge is 0.338 e. The summed E-state index contributed by atoms with van der Waals surface area (Å²) in [4.78, 5) is 24.1. The molecule has 5 nitrogen and oxygen atoms in total. The Labute approximate surface area is 157 Å². The number of fused-ring (bicyclic) bond motifs is 1. The van der Waals surface area contributed by atoms with Crippen molar-refractivity contribution in [1.29, 1.82) is 5.26 Å². The van der Waals surface area contributed by atoms with Crippen molar-refractivity contribution in [3.05, 3.63) is 83.4 Å². The molecule has 0 fully saturated rings. The maximum absolute atomic E-state index is 12.1. The van der Waals surface area contributed by atoms with E-state index >= 15 is 0 Å².